The van der Waals surface area contributed by atoms with Gasteiger partial charge in [0.25, 0.3) is 0 Å². The van der Waals surface area contributed by atoms with E-state index >= 15 is 0 Å². The molecule has 0 saturated heterocycles. The lowest BCUT2D eigenvalue weighted by Gasteiger charge is -2.31. The molecule has 18 heavy (non-hydrogen) atoms. The summed E-state index contributed by atoms with van der Waals surface area (Å²) in [5.74, 6) is 0. The number of hydrogen-bond acceptors (Lipinski definition) is 2. The predicted molar refractivity (Wildman–Crippen MR) is 82.9 cm³/mol. The van der Waals surface area contributed by atoms with Crippen molar-refractivity contribution < 1.29 is 0 Å². The maximum absolute atomic E-state index is 5.97. The Morgan fingerprint density at radius 2 is 1.89 bits per heavy atom. The zero-order valence-electron chi connectivity index (χ0n) is 11.6. The maximum atomic E-state index is 5.97. The molecule has 1 atom stereocenters. The van der Waals surface area contributed by atoms with E-state index < -0.39 is 0 Å². The van der Waals surface area contributed by atoms with Crippen molar-refractivity contribution in [3.63, 3.8) is 0 Å². The fraction of sp³-hybridized carbons (Fsp3) is 0.533. The lowest BCUT2D eigenvalue weighted by molar-refractivity contribution is 0.245. The summed E-state index contributed by atoms with van der Waals surface area (Å²) in [5, 5.41) is 0. The Morgan fingerprint density at radius 3 is 2.33 bits per heavy atom. The van der Waals surface area contributed by atoms with Gasteiger partial charge in [-0.2, -0.15) is 0 Å². The van der Waals surface area contributed by atoms with Crippen molar-refractivity contribution in [3.8, 4) is 0 Å². The third-order valence-electron chi connectivity index (χ3n) is 3.01. The highest BCUT2D eigenvalue weighted by Gasteiger charge is 2.21. The SMILES string of the molecule is CCCN(CCC)C(C(N)=S)c1cccc(C)c1. The van der Waals surface area contributed by atoms with Crippen LogP contribution >= 0.6 is 12.2 Å². The van der Waals surface area contributed by atoms with Gasteiger partial charge in [-0.3, -0.25) is 4.90 Å². The van der Waals surface area contributed by atoms with Crippen molar-refractivity contribution >= 4 is 17.2 Å². The van der Waals surface area contributed by atoms with Crippen molar-refractivity contribution in [1.82, 2.24) is 4.90 Å². The number of benzene rings is 1. The second kappa shape index (κ2) is 7.49. The van der Waals surface area contributed by atoms with Crippen LogP contribution in [0.3, 0.4) is 0 Å². The summed E-state index contributed by atoms with van der Waals surface area (Å²) in [4.78, 5) is 2.96. The summed E-state index contributed by atoms with van der Waals surface area (Å²) in [7, 11) is 0. The van der Waals surface area contributed by atoms with Gasteiger partial charge >= 0.3 is 0 Å². The molecular formula is C15H24N2S. The van der Waals surface area contributed by atoms with Gasteiger partial charge in [0, 0.05) is 0 Å². The fourth-order valence-electron chi connectivity index (χ4n) is 2.34. The summed E-state index contributed by atoms with van der Waals surface area (Å²) in [6.45, 7) is 8.54. The first-order valence-electron chi connectivity index (χ1n) is 6.70. The van der Waals surface area contributed by atoms with Gasteiger partial charge < -0.3 is 5.73 Å². The van der Waals surface area contributed by atoms with E-state index in [0.29, 0.717) is 4.99 Å². The van der Waals surface area contributed by atoms with E-state index in [1.807, 2.05) is 0 Å². The molecule has 0 saturated carbocycles. The molecule has 100 valence electrons. The van der Waals surface area contributed by atoms with Crippen LogP contribution < -0.4 is 5.73 Å². The van der Waals surface area contributed by atoms with E-state index in [2.05, 4.69) is 49.9 Å². The highest BCUT2D eigenvalue weighted by atomic mass is 32.1. The fourth-order valence-corrected chi connectivity index (χ4v) is 2.62. The molecule has 0 amide bonds. The normalized spacial score (nSPS) is 12.7. The summed E-state index contributed by atoms with van der Waals surface area (Å²) < 4.78 is 0. The van der Waals surface area contributed by atoms with Crippen LogP contribution in [0.5, 0.6) is 0 Å². The van der Waals surface area contributed by atoms with Crippen LogP contribution in [0.2, 0.25) is 0 Å². The quantitative estimate of drug-likeness (QED) is 0.765. The molecule has 0 aliphatic carbocycles. The number of hydrogen-bond donors (Lipinski definition) is 1. The first-order valence-corrected chi connectivity index (χ1v) is 7.10. The minimum atomic E-state index is 0.0693. The van der Waals surface area contributed by atoms with Gasteiger partial charge in [-0.25, -0.2) is 0 Å². The molecule has 1 aromatic carbocycles. The van der Waals surface area contributed by atoms with Gasteiger partial charge in [-0.05, 0) is 38.4 Å². The second-order valence-electron chi connectivity index (χ2n) is 4.76. The largest absolute Gasteiger partial charge is 0.392 e. The van der Waals surface area contributed by atoms with Crippen molar-refractivity contribution in [1.29, 1.82) is 0 Å². The Balaban J connectivity index is 3.03. The van der Waals surface area contributed by atoms with Gasteiger partial charge in [0.15, 0.2) is 0 Å². The number of rotatable bonds is 7. The zero-order valence-corrected chi connectivity index (χ0v) is 12.5. The molecule has 0 spiro atoms. The Hall–Kier alpha value is -0.930. The van der Waals surface area contributed by atoms with E-state index in [1.165, 1.54) is 11.1 Å². The van der Waals surface area contributed by atoms with Gasteiger partial charge in [-0.15, -0.1) is 0 Å². The van der Waals surface area contributed by atoms with Gasteiger partial charge in [-0.1, -0.05) is 55.9 Å². The third-order valence-corrected chi connectivity index (χ3v) is 3.24. The van der Waals surface area contributed by atoms with Crippen LogP contribution in [-0.2, 0) is 0 Å². The van der Waals surface area contributed by atoms with E-state index in [9.17, 15) is 0 Å². The summed E-state index contributed by atoms with van der Waals surface area (Å²) in [5.41, 5.74) is 8.43. The van der Waals surface area contributed by atoms with Crippen LogP contribution in [0.15, 0.2) is 24.3 Å². The highest BCUT2D eigenvalue weighted by molar-refractivity contribution is 7.80. The van der Waals surface area contributed by atoms with Crippen LogP contribution in [0.1, 0.15) is 43.9 Å². The summed E-state index contributed by atoms with van der Waals surface area (Å²) in [6.07, 6.45) is 2.23. The maximum Gasteiger partial charge on any atom is 0.0948 e. The molecule has 0 aliphatic rings. The number of thiocarbonyl (C=S) groups is 1. The first kappa shape index (κ1) is 15.1. The second-order valence-corrected chi connectivity index (χ2v) is 5.23. The molecule has 0 radical (unpaired) electrons. The lowest BCUT2D eigenvalue weighted by Crippen LogP contribution is -2.38. The minimum absolute atomic E-state index is 0.0693. The Bertz CT molecular complexity index is 384. The van der Waals surface area contributed by atoms with Crippen molar-refractivity contribution in [2.24, 2.45) is 5.73 Å². The first-order chi connectivity index (χ1) is 8.60. The molecular weight excluding hydrogens is 240 g/mol. The van der Waals surface area contributed by atoms with Crippen molar-refractivity contribution in [2.45, 2.75) is 39.7 Å². The van der Waals surface area contributed by atoms with Crippen LogP contribution in [0.25, 0.3) is 0 Å². The van der Waals surface area contributed by atoms with Gasteiger partial charge in [0.2, 0.25) is 0 Å². The van der Waals surface area contributed by atoms with Crippen molar-refractivity contribution in [2.75, 3.05) is 13.1 Å². The molecule has 2 N–H and O–H groups in total. The minimum Gasteiger partial charge on any atom is -0.392 e. The average Bonchev–Trinajstić information content (AvgIpc) is 2.29. The average molecular weight is 264 g/mol. The molecule has 2 nitrogen and oxygen atoms in total. The summed E-state index contributed by atoms with van der Waals surface area (Å²) in [6, 6.07) is 8.55. The highest BCUT2D eigenvalue weighted by Crippen LogP contribution is 2.22. The predicted octanol–water partition coefficient (Wildman–Crippen LogP) is 3.44. The van der Waals surface area contributed by atoms with E-state index in [0.717, 1.165) is 25.9 Å². The Morgan fingerprint density at radius 1 is 1.28 bits per heavy atom. The summed E-state index contributed by atoms with van der Waals surface area (Å²) >= 11 is 5.28. The molecule has 1 aromatic rings. The Kier molecular flexibility index (Phi) is 6.30. The number of aryl methyl sites for hydroxylation is 1. The zero-order chi connectivity index (χ0) is 13.5. The molecule has 0 aliphatic heterocycles. The van der Waals surface area contributed by atoms with Crippen LogP contribution in [0.4, 0.5) is 0 Å². The topological polar surface area (TPSA) is 29.3 Å². The Labute approximate surface area is 116 Å². The number of nitrogens with zero attached hydrogens (tertiary/aromatic N) is 1. The monoisotopic (exact) mass is 264 g/mol. The van der Waals surface area contributed by atoms with Crippen LogP contribution in [0, 0.1) is 6.92 Å². The lowest BCUT2D eigenvalue weighted by atomic mass is 10.0. The molecule has 0 fully saturated rings. The molecule has 0 aromatic heterocycles. The van der Waals surface area contributed by atoms with Crippen LogP contribution in [-0.4, -0.2) is 23.0 Å². The standard InChI is InChI=1S/C15H24N2S/c1-4-9-17(10-5-2)14(15(16)18)13-8-6-7-12(3)11-13/h6-8,11,14H,4-5,9-10H2,1-3H3,(H2,16,18). The van der Waals surface area contributed by atoms with E-state index in [-0.39, 0.29) is 6.04 Å². The van der Waals surface area contributed by atoms with E-state index in [4.69, 9.17) is 18.0 Å². The van der Waals surface area contributed by atoms with Gasteiger partial charge in [0.05, 0.1) is 11.0 Å². The molecule has 0 bridgehead atoms. The van der Waals surface area contributed by atoms with E-state index in [1.54, 1.807) is 0 Å². The molecule has 3 heteroatoms. The molecule has 1 unspecified atom stereocenters. The number of nitrogens with two attached hydrogens (primary N) is 1. The van der Waals surface area contributed by atoms with Gasteiger partial charge in [0.1, 0.15) is 0 Å². The third kappa shape index (κ3) is 4.07. The molecule has 1 rings (SSSR count). The van der Waals surface area contributed by atoms with Crippen molar-refractivity contribution in [3.05, 3.63) is 35.4 Å². The smallest absolute Gasteiger partial charge is 0.0948 e. The molecule has 0 heterocycles.